The molecule has 0 aromatic rings. The van der Waals surface area contributed by atoms with E-state index in [1.54, 1.807) is 0 Å². The van der Waals surface area contributed by atoms with Crippen LogP contribution in [0.3, 0.4) is 0 Å². The lowest BCUT2D eigenvalue weighted by molar-refractivity contribution is 0.0229. The highest BCUT2D eigenvalue weighted by Crippen LogP contribution is 2.19. The summed E-state index contributed by atoms with van der Waals surface area (Å²) in [4.78, 5) is 4.66. The molecular weight excluding hydrogens is 188 g/mol. The number of likely N-dealkylation sites (tertiary alicyclic amines) is 1. The van der Waals surface area contributed by atoms with E-state index in [-0.39, 0.29) is 0 Å². The van der Waals surface area contributed by atoms with Gasteiger partial charge in [0.25, 0.3) is 0 Å². The molecule has 0 saturated carbocycles. The van der Waals surface area contributed by atoms with E-state index in [9.17, 15) is 5.11 Å². The van der Waals surface area contributed by atoms with E-state index in [1.807, 2.05) is 13.8 Å². The van der Waals surface area contributed by atoms with E-state index in [4.69, 9.17) is 0 Å². The van der Waals surface area contributed by atoms with Crippen LogP contribution >= 0.6 is 0 Å². The predicted molar refractivity (Wildman–Crippen MR) is 64.0 cm³/mol. The van der Waals surface area contributed by atoms with Crippen molar-refractivity contribution in [1.82, 2.24) is 9.80 Å². The summed E-state index contributed by atoms with van der Waals surface area (Å²) >= 11 is 0. The van der Waals surface area contributed by atoms with Gasteiger partial charge in [0.1, 0.15) is 0 Å². The molecule has 1 aliphatic heterocycles. The number of nitrogens with zero attached hydrogens (tertiary/aromatic N) is 2. The Balaban J connectivity index is 2.24. The van der Waals surface area contributed by atoms with Crippen molar-refractivity contribution in [2.45, 2.75) is 32.3 Å². The molecule has 0 aromatic heterocycles. The molecule has 3 heteroatoms. The Bertz CT molecular complexity index is 179. The highest BCUT2D eigenvalue weighted by molar-refractivity contribution is 4.78. The van der Waals surface area contributed by atoms with Gasteiger partial charge in [-0.15, -0.1) is 0 Å². The fourth-order valence-corrected chi connectivity index (χ4v) is 2.39. The molecule has 0 aliphatic carbocycles. The van der Waals surface area contributed by atoms with Gasteiger partial charge in [-0.25, -0.2) is 0 Å². The van der Waals surface area contributed by atoms with Crippen LogP contribution in [-0.4, -0.2) is 60.8 Å². The van der Waals surface area contributed by atoms with Crippen molar-refractivity contribution >= 4 is 0 Å². The van der Waals surface area contributed by atoms with Gasteiger partial charge >= 0.3 is 0 Å². The zero-order valence-corrected chi connectivity index (χ0v) is 10.7. The Labute approximate surface area is 94.1 Å². The fourth-order valence-electron chi connectivity index (χ4n) is 2.39. The summed E-state index contributed by atoms with van der Waals surface area (Å²) in [6.45, 7) is 8.07. The molecule has 0 bridgehead atoms. The molecule has 0 aromatic carbocycles. The van der Waals surface area contributed by atoms with Crippen molar-refractivity contribution in [3.05, 3.63) is 0 Å². The minimum absolute atomic E-state index is 0.547. The van der Waals surface area contributed by atoms with Crippen molar-refractivity contribution in [3.8, 4) is 0 Å². The zero-order chi connectivity index (χ0) is 11.5. The summed E-state index contributed by atoms with van der Waals surface area (Å²) in [5.41, 5.74) is -0.547. The SMILES string of the molecule is CN(C)CC1CCN(CC(C)(C)O)CC1. The van der Waals surface area contributed by atoms with Crippen molar-refractivity contribution in [1.29, 1.82) is 0 Å². The molecule has 90 valence electrons. The van der Waals surface area contributed by atoms with Gasteiger partial charge in [0.15, 0.2) is 0 Å². The number of hydrogen-bond donors (Lipinski definition) is 1. The van der Waals surface area contributed by atoms with Crippen molar-refractivity contribution in [2.24, 2.45) is 5.92 Å². The Kier molecular flexibility index (Phi) is 4.56. The van der Waals surface area contributed by atoms with Gasteiger partial charge in [0.2, 0.25) is 0 Å². The van der Waals surface area contributed by atoms with Gasteiger partial charge in [-0.2, -0.15) is 0 Å². The number of aliphatic hydroxyl groups is 1. The van der Waals surface area contributed by atoms with Crippen LogP contribution in [0.4, 0.5) is 0 Å². The van der Waals surface area contributed by atoms with Crippen molar-refractivity contribution in [3.63, 3.8) is 0 Å². The summed E-state index contributed by atoms with van der Waals surface area (Å²) in [5, 5.41) is 9.73. The zero-order valence-electron chi connectivity index (χ0n) is 10.7. The van der Waals surface area contributed by atoms with Gasteiger partial charge in [-0.05, 0) is 59.8 Å². The third kappa shape index (κ3) is 5.50. The summed E-state index contributed by atoms with van der Waals surface area (Å²) in [6, 6.07) is 0. The topological polar surface area (TPSA) is 26.7 Å². The van der Waals surface area contributed by atoms with Crippen LogP contribution in [0, 0.1) is 5.92 Å². The Morgan fingerprint density at radius 2 is 1.80 bits per heavy atom. The molecule has 1 aliphatic rings. The molecular formula is C12H26N2O. The van der Waals surface area contributed by atoms with E-state index in [2.05, 4.69) is 23.9 Å². The molecule has 0 radical (unpaired) electrons. The van der Waals surface area contributed by atoms with Crippen LogP contribution in [0.25, 0.3) is 0 Å². The van der Waals surface area contributed by atoms with E-state index in [0.29, 0.717) is 0 Å². The minimum Gasteiger partial charge on any atom is -0.389 e. The molecule has 1 heterocycles. The number of hydrogen-bond acceptors (Lipinski definition) is 3. The molecule has 0 unspecified atom stereocenters. The third-order valence-electron chi connectivity index (χ3n) is 2.94. The van der Waals surface area contributed by atoms with E-state index < -0.39 is 5.60 Å². The molecule has 0 spiro atoms. The van der Waals surface area contributed by atoms with Gasteiger partial charge in [-0.1, -0.05) is 0 Å². The molecule has 1 saturated heterocycles. The molecule has 15 heavy (non-hydrogen) atoms. The quantitative estimate of drug-likeness (QED) is 0.757. The average molecular weight is 214 g/mol. The maximum absolute atomic E-state index is 9.73. The molecule has 0 amide bonds. The second kappa shape index (κ2) is 5.28. The lowest BCUT2D eigenvalue weighted by atomic mass is 9.95. The molecule has 1 fully saturated rings. The van der Waals surface area contributed by atoms with Crippen LogP contribution in [0.1, 0.15) is 26.7 Å². The summed E-state index contributed by atoms with van der Waals surface area (Å²) in [7, 11) is 4.28. The summed E-state index contributed by atoms with van der Waals surface area (Å²) in [6.07, 6.45) is 2.54. The summed E-state index contributed by atoms with van der Waals surface area (Å²) in [5.74, 6) is 0.845. The second-order valence-electron chi connectivity index (χ2n) is 5.79. The highest BCUT2D eigenvalue weighted by Gasteiger charge is 2.23. The standard InChI is InChI=1S/C12H26N2O/c1-12(2,15)10-14-7-5-11(6-8-14)9-13(3)4/h11,15H,5-10H2,1-4H3. The first-order chi connectivity index (χ1) is 6.87. The van der Waals surface area contributed by atoms with Gasteiger partial charge in [0, 0.05) is 13.1 Å². The first-order valence-corrected chi connectivity index (χ1v) is 5.96. The van der Waals surface area contributed by atoms with E-state index >= 15 is 0 Å². The lowest BCUT2D eigenvalue weighted by Crippen LogP contribution is -2.44. The molecule has 1 N–H and O–H groups in total. The van der Waals surface area contributed by atoms with Crippen LogP contribution < -0.4 is 0 Å². The summed E-state index contributed by atoms with van der Waals surface area (Å²) < 4.78 is 0. The first-order valence-electron chi connectivity index (χ1n) is 5.96. The second-order valence-corrected chi connectivity index (χ2v) is 5.79. The largest absolute Gasteiger partial charge is 0.389 e. The molecule has 1 rings (SSSR count). The Morgan fingerprint density at radius 3 is 2.20 bits per heavy atom. The van der Waals surface area contributed by atoms with E-state index in [1.165, 1.54) is 19.4 Å². The van der Waals surface area contributed by atoms with Crippen LogP contribution in [-0.2, 0) is 0 Å². The van der Waals surface area contributed by atoms with Crippen LogP contribution in [0.2, 0.25) is 0 Å². The Hall–Kier alpha value is -0.120. The normalized spacial score (nSPS) is 21.2. The predicted octanol–water partition coefficient (Wildman–Crippen LogP) is 1.03. The van der Waals surface area contributed by atoms with Crippen LogP contribution in [0.5, 0.6) is 0 Å². The van der Waals surface area contributed by atoms with Crippen LogP contribution in [0.15, 0.2) is 0 Å². The van der Waals surface area contributed by atoms with E-state index in [0.717, 1.165) is 25.6 Å². The van der Waals surface area contributed by atoms with Gasteiger partial charge in [-0.3, -0.25) is 0 Å². The minimum atomic E-state index is -0.547. The smallest absolute Gasteiger partial charge is 0.0718 e. The third-order valence-corrected chi connectivity index (χ3v) is 2.94. The fraction of sp³-hybridized carbons (Fsp3) is 1.00. The molecule has 0 atom stereocenters. The number of rotatable bonds is 4. The van der Waals surface area contributed by atoms with Crippen molar-refractivity contribution < 1.29 is 5.11 Å². The van der Waals surface area contributed by atoms with Gasteiger partial charge < -0.3 is 14.9 Å². The average Bonchev–Trinajstić information content (AvgIpc) is 2.05. The maximum Gasteiger partial charge on any atom is 0.0718 e. The lowest BCUT2D eigenvalue weighted by Gasteiger charge is -2.36. The number of β-amino-alcohol motifs (C(OH)–C–C–N with tert-alkyl or cyclic N) is 1. The van der Waals surface area contributed by atoms with Gasteiger partial charge in [0.05, 0.1) is 5.60 Å². The Morgan fingerprint density at radius 1 is 1.27 bits per heavy atom. The monoisotopic (exact) mass is 214 g/mol. The van der Waals surface area contributed by atoms with Crippen molar-refractivity contribution in [2.75, 3.05) is 40.3 Å². The first kappa shape index (κ1) is 12.9. The highest BCUT2D eigenvalue weighted by atomic mass is 16.3. The number of piperidine rings is 1. The molecule has 3 nitrogen and oxygen atoms in total. The maximum atomic E-state index is 9.73.